The molecule has 0 atom stereocenters. The van der Waals surface area contributed by atoms with Crippen LogP contribution >= 0.6 is 0 Å². The van der Waals surface area contributed by atoms with E-state index >= 15 is 0 Å². The Labute approximate surface area is 243 Å². The summed E-state index contributed by atoms with van der Waals surface area (Å²) in [5, 5.41) is 3.00. The summed E-state index contributed by atoms with van der Waals surface area (Å²) in [5.74, 6) is -0.324. The summed E-state index contributed by atoms with van der Waals surface area (Å²) in [7, 11) is -3.96. The van der Waals surface area contributed by atoms with Gasteiger partial charge >= 0.3 is 0 Å². The maximum Gasteiger partial charge on any atom is 0.264 e. The van der Waals surface area contributed by atoms with Gasteiger partial charge in [-0.1, -0.05) is 90.8 Å². The predicted octanol–water partition coefficient (Wildman–Crippen LogP) is 6.31. The van der Waals surface area contributed by atoms with Crippen LogP contribution in [0.5, 0.6) is 0 Å². The number of carbonyl (C=O) groups excluding carboxylic acids is 1. The van der Waals surface area contributed by atoms with Gasteiger partial charge in [0, 0.05) is 13.1 Å². The average Bonchev–Trinajstić information content (AvgIpc) is 3.00. The summed E-state index contributed by atoms with van der Waals surface area (Å²) >= 11 is 0. The maximum absolute atomic E-state index is 14.0. The third-order valence-corrected chi connectivity index (χ3v) is 9.30. The van der Waals surface area contributed by atoms with Crippen molar-refractivity contribution in [2.75, 3.05) is 17.4 Å². The van der Waals surface area contributed by atoms with Crippen LogP contribution in [0.15, 0.2) is 108 Å². The molecule has 0 spiro atoms. The Morgan fingerprint density at radius 3 is 2.10 bits per heavy atom. The lowest BCUT2D eigenvalue weighted by molar-refractivity contribution is 0.0951. The van der Waals surface area contributed by atoms with E-state index in [2.05, 4.69) is 34.5 Å². The molecule has 41 heavy (non-hydrogen) atoms. The molecule has 212 valence electrons. The Morgan fingerprint density at radius 2 is 1.39 bits per heavy atom. The number of carbonyl (C=O) groups is 1. The summed E-state index contributed by atoms with van der Waals surface area (Å²) in [5.41, 5.74) is 4.70. The molecule has 6 nitrogen and oxygen atoms in total. The average molecular weight is 568 g/mol. The van der Waals surface area contributed by atoms with Crippen molar-refractivity contribution < 1.29 is 13.2 Å². The van der Waals surface area contributed by atoms with Crippen LogP contribution in [-0.2, 0) is 29.7 Å². The minimum Gasteiger partial charge on any atom is -0.348 e. The fourth-order valence-electron chi connectivity index (χ4n) is 5.19. The van der Waals surface area contributed by atoms with E-state index in [9.17, 15) is 13.2 Å². The smallest absolute Gasteiger partial charge is 0.264 e. The van der Waals surface area contributed by atoms with E-state index in [1.165, 1.54) is 29.1 Å². The molecule has 4 aromatic rings. The minimum atomic E-state index is -3.96. The van der Waals surface area contributed by atoms with Crippen molar-refractivity contribution in [3.05, 3.63) is 131 Å². The number of aryl methyl sites for hydroxylation is 1. The van der Waals surface area contributed by atoms with Gasteiger partial charge < -0.3 is 5.32 Å². The maximum atomic E-state index is 14.0. The molecule has 0 saturated carbocycles. The molecule has 0 bridgehead atoms. The molecule has 0 unspecified atom stereocenters. The monoisotopic (exact) mass is 567 g/mol. The highest BCUT2D eigenvalue weighted by molar-refractivity contribution is 7.92. The number of likely N-dealkylation sites (tertiary alicyclic amines) is 1. The van der Waals surface area contributed by atoms with Gasteiger partial charge in [0.25, 0.3) is 15.9 Å². The topological polar surface area (TPSA) is 69.7 Å². The molecule has 4 aromatic carbocycles. The van der Waals surface area contributed by atoms with Gasteiger partial charge in [0.15, 0.2) is 0 Å². The molecular formula is C34H37N3O3S. The number of nitrogens with one attached hydrogen (secondary N) is 1. The van der Waals surface area contributed by atoms with Crippen LogP contribution in [-0.4, -0.2) is 32.3 Å². The zero-order valence-electron chi connectivity index (χ0n) is 23.5. The predicted molar refractivity (Wildman–Crippen MR) is 164 cm³/mol. The summed E-state index contributed by atoms with van der Waals surface area (Å²) in [6.45, 7) is 5.61. The molecule has 5 rings (SSSR count). The van der Waals surface area contributed by atoms with Gasteiger partial charge in [0.1, 0.15) is 0 Å². The molecule has 1 fully saturated rings. The van der Waals surface area contributed by atoms with E-state index in [0.717, 1.165) is 36.3 Å². The Bertz CT molecular complexity index is 1550. The normalized spacial score (nSPS) is 14.0. The molecule has 1 amide bonds. The third kappa shape index (κ3) is 7.23. The molecular weight excluding hydrogens is 530 g/mol. The number of hydrogen-bond donors (Lipinski definition) is 1. The first-order valence-corrected chi connectivity index (χ1v) is 15.6. The second kappa shape index (κ2) is 13.1. The Balaban J connectivity index is 1.36. The molecule has 0 aliphatic carbocycles. The lowest BCUT2D eigenvalue weighted by Gasteiger charge is -2.27. The number of nitrogens with zero attached hydrogens (tertiary/aromatic N) is 2. The van der Waals surface area contributed by atoms with Gasteiger partial charge in [-0.25, -0.2) is 8.42 Å². The number of rotatable bonds is 10. The Hall–Kier alpha value is -3.94. The first kappa shape index (κ1) is 28.6. The highest BCUT2D eigenvalue weighted by Gasteiger charge is 2.28. The van der Waals surface area contributed by atoms with Gasteiger partial charge in [-0.15, -0.1) is 0 Å². The molecule has 1 aliphatic rings. The van der Waals surface area contributed by atoms with Crippen molar-refractivity contribution in [2.24, 2.45) is 0 Å². The largest absolute Gasteiger partial charge is 0.348 e. The zero-order valence-corrected chi connectivity index (χ0v) is 24.3. The second-order valence-electron chi connectivity index (χ2n) is 10.7. The molecule has 7 heteroatoms. The first-order chi connectivity index (χ1) is 19.9. The van der Waals surface area contributed by atoms with Gasteiger partial charge in [0.2, 0.25) is 0 Å². The Morgan fingerprint density at radius 1 is 0.756 bits per heavy atom. The lowest BCUT2D eigenvalue weighted by atomic mass is 10.1. The SMILES string of the molecule is Cc1ccc(S(=O)(=O)N(Cc2ccccc2)c2ccccc2C(=O)NCc2ccc(CN3CCCCC3)cc2)cc1. The summed E-state index contributed by atoms with van der Waals surface area (Å²) in [6.07, 6.45) is 3.85. The quantitative estimate of drug-likeness (QED) is 0.244. The standard InChI is InChI=1S/C34H37N3O3S/c1-27-14-20-31(21-15-27)41(39,40)37(26-29-10-4-2-5-11-29)33-13-7-6-12-32(33)34(38)35-24-28-16-18-30(19-17-28)25-36-22-8-3-9-23-36/h2,4-7,10-21H,3,8-9,22-26H2,1H3,(H,35,38). The fraction of sp³-hybridized carbons (Fsp3) is 0.265. The van der Waals surface area contributed by atoms with Gasteiger partial charge in [-0.3, -0.25) is 14.0 Å². The number of amides is 1. The molecule has 0 radical (unpaired) electrons. The Kier molecular flexibility index (Phi) is 9.17. The van der Waals surface area contributed by atoms with Gasteiger partial charge in [-0.05, 0) is 73.8 Å². The van der Waals surface area contributed by atoms with E-state index in [4.69, 9.17) is 0 Å². The van der Waals surface area contributed by atoms with Crippen molar-refractivity contribution in [3.8, 4) is 0 Å². The highest BCUT2D eigenvalue weighted by Crippen LogP contribution is 2.29. The van der Waals surface area contributed by atoms with E-state index in [1.807, 2.05) is 37.3 Å². The van der Waals surface area contributed by atoms with Crippen molar-refractivity contribution in [1.82, 2.24) is 10.2 Å². The van der Waals surface area contributed by atoms with Gasteiger partial charge in [0.05, 0.1) is 22.7 Å². The number of benzene rings is 4. The van der Waals surface area contributed by atoms with Crippen molar-refractivity contribution in [3.63, 3.8) is 0 Å². The van der Waals surface area contributed by atoms with Crippen molar-refractivity contribution >= 4 is 21.6 Å². The van der Waals surface area contributed by atoms with Crippen LogP contribution in [0.25, 0.3) is 0 Å². The van der Waals surface area contributed by atoms with Crippen molar-refractivity contribution in [2.45, 2.75) is 50.7 Å². The fourth-order valence-corrected chi connectivity index (χ4v) is 6.66. The van der Waals surface area contributed by atoms with Crippen LogP contribution in [0.3, 0.4) is 0 Å². The number of hydrogen-bond acceptors (Lipinski definition) is 4. The summed E-state index contributed by atoms with van der Waals surface area (Å²) in [6, 6.07) is 31.4. The van der Waals surface area contributed by atoms with E-state index < -0.39 is 10.0 Å². The second-order valence-corrected chi connectivity index (χ2v) is 12.5. The number of sulfonamides is 1. The van der Waals surface area contributed by atoms with E-state index in [0.29, 0.717) is 17.8 Å². The number of piperidine rings is 1. The molecule has 1 heterocycles. The summed E-state index contributed by atoms with van der Waals surface area (Å²) < 4.78 is 29.3. The van der Waals surface area contributed by atoms with E-state index in [1.54, 1.807) is 48.5 Å². The van der Waals surface area contributed by atoms with Crippen LogP contribution in [0.4, 0.5) is 5.69 Å². The zero-order chi connectivity index (χ0) is 28.7. The van der Waals surface area contributed by atoms with Crippen molar-refractivity contribution in [1.29, 1.82) is 0 Å². The number of para-hydroxylation sites is 1. The van der Waals surface area contributed by atoms with Crippen LogP contribution < -0.4 is 9.62 Å². The third-order valence-electron chi connectivity index (χ3n) is 7.53. The molecule has 0 aromatic heterocycles. The molecule has 1 aliphatic heterocycles. The lowest BCUT2D eigenvalue weighted by Crippen LogP contribution is -2.33. The molecule has 1 N–H and O–H groups in total. The number of anilines is 1. The van der Waals surface area contributed by atoms with Crippen LogP contribution in [0.2, 0.25) is 0 Å². The molecule has 1 saturated heterocycles. The minimum absolute atomic E-state index is 0.0970. The summed E-state index contributed by atoms with van der Waals surface area (Å²) in [4.78, 5) is 16.2. The van der Waals surface area contributed by atoms with Gasteiger partial charge in [-0.2, -0.15) is 0 Å². The van der Waals surface area contributed by atoms with Crippen LogP contribution in [0, 0.1) is 6.92 Å². The van der Waals surface area contributed by atoms with E-state index in [-0.39, 0.29) is 17.3 Å². The highest BCUT2D eigenvalue weighted by atomic mass is 32.2. The van der Waals surface area contributed by atoms with Crippen LogP contribution in [0.1, 0.15) is 51.9 Å². The first-order valence-electron chi connectivity index (χ1n) is 14.2.